The summed E-state index contributed by atoms with van der Waals surface area (Å²) in [5.41, 5.74) is 1.95. The molecule has 0 saturated carbocycles. The predicted molar refractivity (Wildman–Crippen MR) is 164 cm³/mol. The SMILES string of the molecule is CC(C)[C@@H]1NC(=O)CN(C(=O)c2cnc3cccnn23)CCNC(=O)c2cccc(c2)OCCn2nc(-c3ccccc3)nc21. The zero-order valence-electron chi connectivity index (χ0n) is 25.0. The number of hydrogen-bond donors (Lipinski definition) is 2. The lowest BCUT2D eigenvalue weighted by Gasteiger charge is -2.26. The summed E-state index contributed by atoms with van der Waals surface area (Å²) in [6, 6.07) is 19.4. The van der Waals surface area contributed by atoms with Gasteiger partial charge in [-0.2, -0.15) is 10.2 Å². The molecule has 0 saturated heterocycles. The van der Waals surface area contributed by atoms with Crippen molar-refractivity contribution in [1.82, 2.24) is 44.9 Å². The first-order valence-corrected chi connectivity index (χ1v) is 14.8. The minimum atomic E-state index is -0.518. The van der Waals surface area contributed by atoms with Crippen molar-refractivity contribution in [2.24, 2.45) is 5.92 Å². The van der Waals surface area contributed by atoms with Crippen molar-refractivity contribution in [3.8, 4) is 17.1 Å². The lowest BCUT2D eigenvalue weighted by atomic mass is 10.0. The fourth-order valence-electron chi connectivity index (χ4n) is 5.15. The second-order valence-electron chi connectivity index (χ2n) is 11.0. The Balaban J connectivity index is 1.36. The molecule has 1 aliphatic rings. The highest BCUT2D eigenvalue weighted by molar-refractivity contribution is 5.96. The lowest BCUT2D eigenvalue weighted by Crippen LogP contribution is -2.46. The fourth-order valence-corrected chi connectivity index (χ4v) is 5.15. The van der Waals surface area contributed by atoms with Gasteiger partial charge in [0.05, 0.1) is 25.3 Å². The van der Waals surface area contributed by atoms with Crippen molar-refractivity contribution < 1.29 is 19.1 Å². The van der Waals surface area contributed by atoms with E-state index in [4.69, 9.17) is 14.8 Å². The molecule has 45 heavy (non-hydrogen) atoms. The van der Waals surface area contributed by atoms with Gasteiger partial charge in [-0.25, -0.2) is 19.2 Å². The van der Waals surface area contributed by atoms with Crippen LogP contribution in [0.15, 0.2) is 79.1 Å². The Bertz CT molecular complexity index is 1830. The summed E-state index contributed by atoms with van der Waals surface area (Å²) in [4.78, 5) is 51.0. The van der Waals surface area contributed by atoms with E-state index in [1.54, 1.807) is 47.3 Å². The number of nitrogens with one attached hydrogen (secondary N) is 2. The molecule has 1 aliphatic heterocycles. The average Bonchev–Trinajstić information content (AvgIpc) is 3.67. The summed E-state index contributed by atoms with van der Waals surface area (Å²) in [6.45, 7) is 4.47. The van der Waals surface area contributed by atoms with Gasteiger partial charge >= 0.3 is 0 Å². The van der Waals surface area contributed by atoms with Gasteiger partial charge in [0.1, 0.15) is 12.4 Å². The topological polar surface area (TPSA) is 149 Å². The van der Waals surface area contributed by atoms with E-state index < -0.39 is 17.9 Å². The lowest BCUT2D eigenvalue weighted by molar-refractivity contribution is -0.123. The minimum Gasteiger partial charge on any atom is -0.492 e. The van der Waals surface area contributed by atoms with Gasteiger partial charge in [-0.3, -0.25) is 14.4 Å². The van der Waals surface area contributed by atoms with Crippen molar-refractivity contribution in [2.75, 3.05) is 26.2 Å². The van der Waals surface area contributed by atoms with Crippen molar-refractivity contribution >= 4 is 23.4 Å². The maximum atomic E-state index is 13.8. The first kappa shape index (κ1) is 29.5. The molecule has 5 aromatic rings. The van der Waals surface area contributed by atoms with Gasteiger partial charge in [0.2, 0.25) is 5.91 Å². The average molecular weight is 608 g/mol. The first-order valence-electron chi connectivity index (χ1n) is 14.8. The number of ether oxygens (including phenoxy) is 1. The highest BCUT2D eigenvalue weighted by atomic mass is 16.5. The van der Waals surface area contributed by atoms with Crippen LogP contribution in [0.2, 0.25) is 0 Å². The Morgan fingerprint density at radius 3 is 2.64 bits per heavy atom. The molecule has 3 amide bonds. The minimum absolute atomic E-state index is 0.0633. The third-order valence-electron chi connectivity index (χ3n) is 7.45. The molecule has 3 aromatic heterocycles. The van der Waals surface area contributed by atoms with Crippen LogP contribution >= 0.6 is 0 Å². The molecule has 1 atom stereocenters. The number of fused-ring (bicyclic) bond motifs is 4. The molecule has 230 valence electrons. The van der Waals surface area contributed by atoms with Crippen molar-refractivity contribution in [1.29, 1.82) is 0 Å². The van der Waals surface area contributed by atoms with E-state index in [0.717, 1.165) is 5.56 Å². The van der Waals surface area contributed by atoms with Crippen LogP contribution in [0.25, 0.3) is 17.0 Å². The molecular formula is C32H33N9O4. The van der Waals surface area contributed by atoms with Crippen LogP contribution in [0.1, 0.15) is 46.6 Å². The van der Waals surface area contributed by atoms with E-state index in [0.29, 0.717) is 35.2 Å². The summed E-state index contributed by atoms with van der Waals surface area (Å²) in [7, 11) is 0. The first-order chi connectivity index (χ1) is 21.9. The van der Waals surface area contributed by atoms with Gasteiger partial charge in [-0.05, 0) is 36.2 Å². The normalized spacial score (nSPS) is 16.4. The predicted octanol–water partition coefficient (Wildman–Crippen LogP) is 2.77. The molecule has 0 radical (unpaired) electrons. The number of benzene rings is 2. The third kappa shape index (κ3) is 6.51. The van der Waals surface area contributed by atoms with Gasteiger partial charge in [-0.1, -0.05) is 50.2 Å². The van der Waals surface area contributed by atoms with Crippen LogP contribution in [-0.2, 0) is 11.3 Å². The standard InChI is InChI=1S/C32H33N9O4/c1-21(2)28-30-37-29(22-8-4-3-5-9-22)38-40(30)16-17-45-24-11-6-10-23(18-24)31(43)33-14-15-39(20-27(42)36-28)32(44)25-19-34-26-12-7-13-35-41(25)26/h3-13,18-19,21,28H,14-17,20H2,1-2H3,(H,33,43)(H,36,42)/t28-/m0/s1. The smallest absolute Gasteiger partial charge is 0.274 e. The molecule has 2 N–H and O–H groups in total. The summed E-state index contributed by atoms with van der Waals surface area (Å²) >= 11 is 0. The van der Waals surface area contributed by atoms with Gasteiger partial charge < -0.3 is 20.3 Å². The maximum absolute atomic E-state index is 13.8. The van der Waals surface area contributed by atoms with Crippen molar-refractivity contribution in [3.63, 3.8) is 0 Å². The Hall–Kier alpha value is -5.59. The second-order valence-corrected chi connectivity index (χ2v) is 11.0. The third-order valence-corrected chi connectivity index (χ3v) is 7.45. The second kappa shape index (κ2) is 13.0. The summed E-state index contributed by atoms with van der Waals surface area (Å²) in [5.74, 6) is 0.390. The van der Waals surface area contributed by atoms with Crippen LogP contribution < -0.4 is 15.4 Å². The molecule has 13 nitrogen and oxygen atoms in total. The molecule has 0 fully saturated rings. The zero-order valence-corrected chi connectivity index (χ0v) is 25.0. The molecule has 4 heterocycles. The zero-order chi connectivity index (χ0) is 31.3. The Kier molecular flexibility index (Phi) is 8.49. The summed E-state index contributed by atoms with van der Waals surface area (Å²) in [6.07, 6.45) is 2.99. The van der Waals surface area contributed by atoms with Crippen LogP contribution in [-0.4, -0.2) is 78.2 Å². The van der Waals surface area contributed by atoms with E-state index in [-0.39, 0.29) is 43.8 Å². The monoisotopic (exact) mass is 607 g/mol. The number of nitrogens with zero attached hydrogens (tertiary/aromatic N) is 7. The van der Waals surface area contributed by atoms with Crippen LogP contribution in [0.5, 0.6) is 5.75 Å². The van der Waals surface area contributed by atoms with Crippen LogP contribution in [0.3, 0.4) is 0 Å². The maximum Gasteiger partial charge on any atom is 0.274 e. The summed E-state index contributed by atoms with van der Waals surface area (Å²) in [5, 5.41) is 15.0. The van der Waals surface area contributed by atoms with Crippen molar-refractivity contribution in [2.45, 2.75) is 26.4 Å². The van der Waals surface area contributed by atoms with Crippen LogP contribution in [0.4, 0.5) is 0 Å². The molecule has 0 aliphatic carbocycles. The molecule has 6 rings (SSSR count). The van der Waals surface area contributed by atoms with Gasteiger partial charge in [0.15, 0.2) is 23.0 Å². The molecule has 2 aromatic carbocycles. The van der Waals surface area contributed by atoms with E-state index in [1.165, 1.54) is 15.6 Å². The number of hydrogen-bond acceptors (Lipinski definition) is 8. The van der Waals surface area contributed by atoms with Crippen molar-refractivity contribution in [3.05, 3.63) is 96.2 Å². The van der Waals surface area contributed by atoms with E-state index in [2.05, 4.69) is 20.7 Å². The van der Waals surface area contributed by atoms with Gasteiger partial charge in [0, 0.05) is 30.4 Å². The van der Waals surface area contributed by atoms with E-state index in [1.807, 2.05) is 44.2 Å². The van der Waals surface area contributed by atoms with Gasteiger partial charge in [0.25, 0.3) is 11.8 Å². The molecular weight excluding hydrogens is 574 g/mol. The molecule has 0 unspecified atom stereocenters. The quantitative estimate of drug-likeness (QED) is 0.318. The largest absolute Gasteiger partial charge is 0.492 e. The Labute approximate surface area is 259 Å². The Morgan fingerprint density at radius 1 is 1.00 bits per heavy atom. The highest BCUT2D eigenvalue weighted by Gasteiger charge is 2.28. The molecule has 13 heteroatoms. The highest BCUT2D eigenvalue weighted by Crippen LogP contribution is 2.24. The molecule has 0 spiro atoms. The number of rotatable bonds is 3. The number of imidazole rings is 1. The van der Waals surface area contributed by atoms with E-state index >= 15 is 0 Å². The number of carbonyl (C=O) groups is 3. The number of carbonyl (C=O) groups excluding carboxylic acids is 3. The number of aromatic nitrogens is 6. The van der Waals surface area contributed by atoms with Crippen LogP contribution in [0, 0.1) is 5.92 Å². The molecule has 2 bridgehead atoms. The van der Waals surface area contributed by atoms with E-state index in [9.17, 15) is 14.4 Å². The fraction of sp³-hybridized carbons (Fsp3) is 0.281. The summed E-state index contributed by atoms with van der Waals surface area (Å²) < 4.78 is 9.18. The van der Waals surface area contributed by atoms with Gasteiger partial charge in [-0.15, -0.1) is 0 Å². The Morgan fingerprint density at radius 2 is 1.82 bits per heavy atom. The number of amides is 3.